The van der Waals surface area contributed by atoms with Crippen LogP contribution in [0.25, 0.3) is 0 Å². The van der Waals surface area contributed by atoms with Crippen LogP contribution < -0.4 is 5.46 Å². The topological polar surface area (TPSA) is 59.0 Å². The number of carbonyl (C=O) groups is 1. The lowest BCUT2D eigenvalue weighted by molar-refractivity contribution is 0.00578. The van der Waals surface area contributed by atoms with E-state index < -0.39 is 6.09 Å². The molecular formula is C18H26BNO4. The van der Waals surface area contributed by atoms with Crippen molar-refractivity contribution >= 4 is 18.7 Å². The first-order valence-electron chi connectivity index (χ1n) is 8.63. The van der Waals surface area contributed by atoms with Gasteiger partial charge in [0.25, 0.3) is 0 Å². The van der Waals surface area contributed by atoms with Crippen molar-refractivity contribution in [1.29, 1.82) is 0 Å². The summed E-state index contributed by atoms with van der Waals surface area (Å²) in [6.45, 7) is 9.39. The molecule has 0 bridgehead atoms. The molecule has 2 heterocycles. The fourth-order valence-corrected chi connectivity index (χ4v) is 3.33. The van der Waals surface area contributed by atoms with Crippen molar-refractivity contribution in [3.8, 4) is 0 Å². The number of nitrogens with zero attached hydrogens (tertiary/aromatic N) is 1. The third-order valence-electron chi connectivity index (χ3n) is 5.63. The van der Waals surface area contributed by atoms with Crippen LogP contribution in [0.1, 0.15) is 52.0 Å². The molecule has 1 aromatic rings. The van der Waals surface area contributed by atoms with Gasteiger partial charge < -0.3 is 19.3 Å². The summed E-state index contributed by atoms with van der Waals surface area (Å²) in [4.78, 5) is 12.7. The number of rotatable bonds is 2. The molecule has 3 rings (SSSR count). The summed E-state index contributed by atoms with van der Waals surface area (Å²) in [6, 6.07) is 8.24. The van der Waals surface area contributed by atoms with Gasteiger partial charge in [0.2, 0.25) is 0 Å². The Labute approximate surface area is 144 Å². The van der Waals surface area contributed by atoms with Crippen LogP contribution in [-0.2, 0) is 9.31 Å². The zero-order valence-electron chi connectivity index (χ0n) is 14.9. The van der Waals surface area contributed by atoms with Gasteiger partial charge in [-0.2, -0.15) is 0 Å². The molecule has 5 nitrogen and oxygen atoms in total. The van der Waals surface area contributed by atoms with E-state index in [9.17, 15) is 9.90 Å². The Balaban J connectivity index is 1.71. The molecule has 0 saturated carbocycles. The van der Waals surface area contributed by atoms with Gasteiger partial charge in [-0.1, -0.05) is 24.3 Å². The van der Waals surface area contributed by atoms with E-state index in [4.69, 9.17) is 9.31 Å². The van der Waals surface area contributed by atoms with Gasteiger partial charge in [0.05, 0.1) is 11.2 Å². The monoisotopic (exact) mass is 331 g/mol. The molecule has 2 saturated heterocycles. The quantitative estimate of drug-likeness (QED) is 0.847. The van der Waals surface area contributed by atoms with Crippen LogP contribution in [0.4, 0.5) is 4.79 Å². The van der Waals surface area contributed by atoms with Crippen LogP contribution in [-0.4, -0.2) is 47.5 Å². The summed E-state index contributed by atoms with van der Waals surface area (Å²) >= 11 is 0. The molecule has 1 N–H and O–H groups in total. The molecule has 0 radical (unpaired) electrons. The lowest BCUT2D eigenvalue weighted by atomic mass is 9.78. The second-order valence-electron chi connectivity index (χ2n) is 7.82. The first-order chi connectivity index (χ1) is 11.2. The second-order valence-corrected chi connectivity index (χ2v) is 7.82. The highest BCUT2D eigenvalue weighted by molar-refractivity contribution is 6.62. The van der Waals surface area contributed by atoms with Crippen molar-refractivity contribution in [1.82, 2.24) is 4.90 Å². The number of hydrogen-bond donors (Lipinski definition) is 1. The molecule has 0 spiro atoms. The van der Waals surface area contributed by atoms with E-state index in [1.165, 1.54) is 10.5 Å². The Kier molecular flexibility index (Phi) is 4.38. The molecule has 6 heteroatoms. The fourth-order valence-electron chi connectivity index (χ4n) is 3.33. The van der Waals surface area contributed by atoms with Crippen LogP contribution in [0.15, 0.2) is 24.3 Å². The van der Waals surface area contributed by atoms with Gasteiger partial charge in [-0.15, -0.1) is 0 Å². The van der Waals surface area contributed by atoms with Crippen molar-refractivity contribution in [3.05, 3.63) is 29.8 Å². The molecule has 1 atom stereocenters. The van der Waals surface area contributed by atoms with E-state index in [1.54, 1.807) is 0 Å². The normalized spacial score (nSPS) is 25.8. The number of benzene rings is 1. The molecule has 130 valence electrons. The molecular weight excluding hydrogens is 305 g/mol. The first kappa shape index (κ1) is 17.3. The summed E-state index contributed by atoms with van der Waals surface area (Å²) in [5.74, 6) is 0.266. The lowest BCUT2D eigenvalue weighted by Gasteiger charge is -2.32. The predicted octanol–water partition coefficient (Wildman–Crippen LogP) is 2.84. The van der Waals surface area contributed by atoms with Gasteiger partial charge in [-0.05, 0) is 51.6 Å². The number of likely N-dealkylation sites (tertiary alicyclic amines) is 1. The average Bonchev–Trinajstić information content (AvgIpc) is 2.76. The lowest BCUT2D eigenvalue weighted by Crippen LogP contribution is -2.41. The summed E-state index contributed by atoms with van der Waals surface area (Å²) in [6.07, 6.45) is 1.11. The third-order valence-corrected chi connectivity index (χ3v) is 5.63. The zero-order valence-corrected chi connectivity index (χ0v) is 14.9. The summed E-state index contributed by atoms with van der Waals surface area (Å²) in [7, 11) is -0.356. The molecule has 0 aliphatic carbocycles. The zero-order chi connectivity index (χ0) is 17.5. The van der Waals surface area contributed by atoms with E-state index in [0.717, 1.165) is 18.3 Å². The highest BCUT2D eigenvalue weighted by Crippen LogP contribution is 2.36. The molecule has 24 heavy (non-hydrogen) atoms. The van der Waals surface area contributed by atoms with E-state index in [2.05, 4.69) is 12.1 Å². The van der Waals surface area contributed by atoms with Gasteiger partial charge in [0, 0.05) is 19.0 Å². The molecule has 1 aromatic carbocycles. The maximum Gasteiger partial charge on any atom is 0.494 e. The largest absolute Gasteiger partial charge is 0.494 e. The maximum atomic E-state index is 11.2. The van der Waals surface area contributed by atoms with Crippen LogP contribution in [0.2, 0.25) is 0 Å². The third kappa shape index (κ3) is 3.17. The van der Waals surface area contributed by atoms with Crippen molar-refractivity contribution in [2.75, 3.05) is 13.1 Å². The Morgan fingerprint density at radius 3 is 2.29 bits per heavy atom. The molecule has 1 amide bonds. The van der Waals surface area contributed by atoms with Crippen molar-refractivity contribution in [2.24, 2.45) is 0 Å². The molecule has 0 aromatic heterocycles. The Hall–Kier alpha value is -1.53. The number of amides is 1. The van der Waals surface area contributed by atoms with Gasteiger partial charge >= 0.3 is 13.2 Å². The van der Waals surface area contributed by atoms with E-state index in [0.29, 0.717) is 13.1 Å². The Bertz CT molecular complexity index is 598. The SMILES string of the molecule is CC1(C)OB(c2ccc(C3CCCN(C(=O)O)C3)cc2)OC1(C)C. The summed E-state index contributed by atoms with van der Waals surface area (Å²) in [5.41, 5.74) is 1.49. The van der Waals surface area contributed by atoms with Gasteiger partial charge in [-0.3, -0.25) is 0 Å². The van der Waals surface area contributed by atoms with Gasteiger partial charge in [0.1, 0.15) is 0 Å². The highest BCUT2D eigenvalue weighted by atomic mass is 16.7. The van der Waals surface area contributed by atoms with E-state index in [-0.39, 0.29) is 24.2 Å². The van der Waals surface area contributed by atoms with Crippen LogP contribution >= 0.6 is 0 Å². The minimum atomic E-state index is -0.825. The van der Waals surface area contributed by atoms with E-state index in [1.807, 2.05) is 39.8 Å². The Morgan fingerprint density at radius 1 is 1.17 bits per heavy atom. The maximum absolute atomic E-state index is 11.2. The van der Waals surface area contributed by atoms with Crippen molar-refractivity contribution in [3.63, 3.8) is 0 Å². The predicted molar refractivity (Wildman–Crippen MR) is 93.7 cm³/mol. The highest BCUT2D eigenvalue weighted by Gasteiger charge is 2.51. The average molecular weight is 331 g/mol. The number of hydrogen-bond acceptors (Lipinski definition) is 3. The van der Waals surface area contributed by atoms with E-state index >= 15 is 0 Å². The van der Waals surface area contributed by atoms with Crippen molar-refractivity contribution < 1.29 is 19.2 Å². The van der Waals surface area contributed by atoms with Crippen LogP contribution in [0, 0.1) is 0 Å². The Morgan fingerprint density at radius 2 is 1.75 bits per heavy atom. The summed E-state index contributed by atoms with van der Waals surface area (Å²) < 4.78 is 12.2. The second kappa shape index (κ2) is 6.08. The smallest absolute Gasteiger partial charge is 0.465 e. The molecule has 2 fully saturated rings. The molecule has 2 aliphatic heterocycles. The van der Waals surface area contributed by atoms with Crippen LogP contribution in [0.5, 0.6) is 0 Å². The molecule has 2 aliphatic rings. The number of carboxylic acid groups (broad SMARTS) is 1. The minimum absolute atomic E-state index is 0.266. The minimum Gasteiger partial charge on any atom is -0.465 e. The standard InChI is InChI=1S/C18H26BNO4/c1-17(2)18(3,4)24-19(23-17)15-9-7-13(8-10-15)14-6-5-11-20(12-14)16(21)22/h7-10,14H,5-6,11-12H2,1-4H3,(H,21,22). The first-order valence-corrected chi connectivity index (χ1v) is 8.63. The number of piperidine rings is 1. The van der Waals surface area contributed by atoms with Gasteiger partial charge in [0.15, 0.2) is 0 Å². The fraction of sp³-hybridized carbons (Fsp3) is 0.611. The van der Waals surface area contributed by atoms with Crippen LogP contribution in [0.3, 0.4) is 0 Å². The summed E-state index contributed by atoms with van der Waals surface area (Å²) in [5, 5.41) is 9.18. The van der Waals surface area contributed by atoms with Gasteiger partial charge in [-0.25, -0.2) is 4.79 Å². The van der Waals surface area contributed by atoms with Crippen molar-refractivity contribution in [2.45, 2.75) is 57.7 Å². The molecule has 1 unspecified atom stereocenters.